The average molecular weight is 335 g/mol. The normalized spacial score (nSPS) is 13.3. The van der Waals surface area contributed by atoms with Gasteiger partial charge in [0, 0.05) is 12.1 Å². The molecule has 0 radical (unpaired) electrons. The summed E-state index contributed by atoms with van der Waals surface area (Å²) in [6, 6.07) is 5.84. The van der Waals surface area contributed by atoms with Gasteiger partial charge < -0.3 is 15.5 Å². The summed E-state index contributed by atoms with van der Waals surface area (Å²) in [5, 5.41) is 20.9. The molecule has 1 amide bonds. The first-order chi connectivity index (χ1) is 11.2. The maximum Gasteiger partial charge on any atom is 0.335 e. The molecule has 6 heteroatoms. The van der Waals surface area contributed by atoms with Crippen LogP contribution in [0.5, 0.6) is 0 Å². The van der Waals surface area contributed by atoms with Gasteiger partial charge in [0.05, 0.1) is 11.5 Å². The van der Waals surface area contributed by atoms with Crippen LogP contribution in [0.1, 0.15) is 50.4 Å². The Morgan fingerprint density at radius 3 is 2.04 bits per heavy atom. The first-order valence-corrected chi connectivity index (χ1v) is 8.06. The van der Waals surface area contributed by atoms with Crippen molar-refractivity contribution in [1.82, 2.24) is 0 Å². The number of hydrogen-bond acceptors (Lipinski definition) is 3. The fourth-order valence-corrected chi connectivity index (χ4v) is 2.51. The molecule has 0 saturated carbocycles. The van der Waals surface area contributed by atoms with E-state index < -0.39 is 17.9 Å². The van der Waals surface area contributed by atoms with Crippen LogP contribution >= 0.6 is 0 Å². The van der Waals surface area contributed by atoms with Crippen LogP contribution in [0.15, 0.2) is 24.3 Å². The maximum atomic E-state index is 12.1. The van der Waals surface area contributed by atoms with E-state index in [0.29, 0.717) is 18.0 Å². The number of carbonyl (C=O) groups is 3. The molecule has 2 atom stereocenters. The van der Waals surface area contributed by atoms with Crippen molar-refractivity contribution in [1.29, 1.82) is 0 Å². The van der Waals surface area contributed by atoms with Gasteiger partial charge in [0.2, 0.25) is 5.91 Å². The Kier molecular flexibility index (Phi) is 7.42. The first-order valence-electron chi connectivity index (χ1n) is 8.06. The van der Waals surface area contributed by atoms with Gasteiger partial charge in [-0.1, -0.05) is 27.2 Å². The molecule has 0 fully saturated rings. The van der Waals surface area contributed by atoms with E-state index in [-0.39, 0.29) is 23.8 Å². The highest BCUT2D eigenvalue weighted by atomic mass is 16.4. The second kappa shape index (κ2) is 9.05. The lowest BCUT2D eigenvalue weighted by atomic mass is 9.85. The first kappa shape index (κ1) is 19.7. The maximum absolute atomic E-state index is 12.1. The number of benzene rings is 1. The van der Waals surface area contributed by atoms with E-state index >= 15 is 0 Å². The molecule has 1 aromatic carbocycles. The zero-order valence-electron chi connectivity index (χ0n) is 14.3. The molecule has 2 unspecified atom stereocenters. The molecule has 0 aliphatic carbocycles. The Hall–Kier alpha value is -2.37. The molecule has 24 heavy (non-hydrogen) atoms. The van der Waals surface area contributed by atoms with Crippen molar-refractivity contribution in [2.45, 2.75) is 40.0 Å². The minimum atomic E-state index is -1.03. The summed E-state index contributed by atoms with van der Waals surface area (Å²) in [4.78, 5) is 34.3. The van der Waals surface area contributed by atoms with Crippen LogP contribution in [0.4, 0.5) is 5.69 Å². The third-order valence-electron chi connectivity index (χ3n) is 3.98. The predicted molar refractivity (Wildman–Crippen MR) is 91.0 cm³/mol. The van der Waals surface area contributed by atoms with Gasteiger partial charge in [-0.15, -0.1) is 0 Å². The molecule has 0 heterocycles. The van der Waals surface area contributed by atoms with Crippen LogP contribution in [0.3, 0.4) is 0 Å². The van der Waals surface area contributed by atoms with E-state index in [1.54, 1.807) is 6.92 Å². The average Bonchev–Trinajstić information content (AvgIpc) is 2.46. The van der Waals surface area contributed by atoms with Crippen molar-refractivity contribution in [3.05, 3.63) is 29.8 Å². The summed E-state index contributed by atoms with van der Waals surface area (Å²) < 4.78 is 0. The molecule has 0 aliphatic heterocycles. The van der Waals surface area contributed by atoms with Crippen molar-refractivity contribution in [2.75, 3.05) is 5.32 Å². The van der Waals surface area contributed by atoms with Crippen molar-refractivity contribution < 1.29 is 24.6 Å². The van der Waals surface area contributed by atoms with Crippen molar-refractivity contribution in [3.8, 4) is 0 Å². The highest BCUT2D eigenvalue weighted by Crippen LogP contribution is 2.24. The summed E-state index contributed by atoms with van der Waals surface area (Å²) >= 11 is 0. The molecule has 6 nitrogen and oxygen atoms in total. The lowest BCUT2D eigenvalue weighted by Gasteiger charge is -2.20. The van der Waals surface area contributed by atoms with Gasteiger partial charge >= 0.3 is 11.9 Å². The number of hydrogen-bond donors (Lipinski definition) is 3. The largest absolute Gasteiger partial charge is 0.481 e. The molecule has 1 rings (SSSR count). The predicted octanol–water partition coefficient (Wildman–Crippen LogP) is 3.49. The Morgan fingerprint density at radius 1 is 1.00 bits per heavy atom. The van der Waals surface area contributed by atoms with E-state index in [2.05, 4.69) is 5.32 Å². The Bertz CT molecular complexity index is 580. The minimum absolute atomic E-state index is 0.107. The lowest BCUT2D eigenvalue weighted by Crippen LogP contribution is -2.26. The number of amides is 1. The van der Waals surface area contributed by atoms with Crippen LogP contribution in [0.2, 0.25) is 0 Å². The number of carboxylic acids is 2. The topological polar surface area (TPSA) is 104 Å². The highest BCUT2D eigenvalue weighted by Gasteiger charge is 2.26. The summed E-state index contributed by atoms with van der Waals surface area (Å²) in [7, 11) is 0. The summed E-state index contributed by atoms with van der Waals surface area (Å²) in [5.41, 5.74) is 0.632. The second-order valence-corrected chi connectivity index (χ2v) is 6.53. The Labute approximate surface area is 141 Å². The molecule has 3 N–H and O–H groups in total. The molecule has 132 valence electrons. The molecule has 0 spiro atoms. The number of aliphatic carboxylic acids is 1. The third kappa shape index (κ3) is 6.40. The standard InChI is InChI=1S/C18H25NO5/c1-11(2)4-9-15(18(23)24)12(3)10-16(20)19-14-7-5-13(6-8-14)17(21)22/h5-8,11-12,15H,4,9-10H2,1-3H3,(H,19,20)(H,21,22)(H,23,24). The number of anilines is 1. The fraction of sp³-hybridized carbons (Fsp3) is 0.500. The van der Waals surface area contributed by atoms with Gasteiger partial charge in [-0.25, -0.2) is 4.79 Å². The second-order valence-electron chi connectivity index (χ2n) is 6.53. The van der Waals surface area contributed by atoms with Gasteiger partial charge in [0.15, 0.2) is 0 Å². The van der Waals surface area contributed by atoms with Crippen molar-refractivity contribution in [3.63, 3.8) is 0 Å². The molecule has 0 aliphatic rings. The van der Waals surface area contributed by atoms with Crippen molar-refractivity contribution in [2.24, 2.45) is 17.8 Å². The van der Waals surface area contributed by atoms with Crippen LogP contribution in [0.25, 0.3) is 0 Å². The summed E-state index contributed by atoms with van der Waals surface area (Å²) in [5.74, 6) is -2.59. The zero-order valence-corrected chi connectivity index (χ0v) is 14.3. The van der Waals surface area contributed by atoms with Crippen molar-refractivity contribution >= 4 is 23.5 Å². The number of nitrogens with one attached hydrogen (secondary N) is 1. The van der Waals surface area contributed by atoms with E-state index in [1.807, 2.05) is 13.8 Å². The molecular weight excluding hydrogens is 310 g/mol. The number of carboxylic acid groups (broad SMARTS) is 2. The molecule has 1 aromatic rings. The van der Waals surface area contributed by atoms with Gasteiger partial charge in [0.25, 0.3) is 0 Å². The molecule has 0 bridgehead atoms. The monoisotopic (exact) mass is 335 g/mol. The smallest absolute Gasteiger partial charge is 0.335 e. The number of rotatable bonds is 9. The third-order valence-corrected chi connectivity index (χ3v) is 3.98. The Balaban J connectivity index is 2.61. The lowest BCUT2D eigenvalue weighted by molar-refractivity contribution is -0.144. The molecule has 0 saturated heterocycles. The SMILES string of the molecule is CC(C)CCC(C(=O)O)C(C)CC(=O)Nc1ccc(C(=O)O)cc1. The summed E-state index contributed by atoms with van der Waals surface area (Å²) in [6.45, 7) is 5.85. The van der Waals surface area contributed by atoms with Gasteiger partial charge in [0.1, 0.15) is 0 Å². The van der Waals surface area contributed by atoms with Crippen LogP contribution < -0.4 is 5.32 Å². The highest BCUT2D eigenvalue weighted by molar-refractivity contribution is 5.92. The van der Waals surface area contributed by atoms with E-state index in [1.165, 1.54) is 24.3 Å². The minimum Gasteiger partial charge on any atom is -0.481 e. The van der Waals surface area contributed by atoms with Crippen LogP contribution in [-0.4, -0.2) is 28.1 Å². The quantitative estimate of drug-likeness (QED) is 0.641. The van der Waals surface area contributed by atoms with Gasteiger partial charge in [-0.2, -0.15) is 0 Å². The Morgan fingerprint density at radius 2 is 1.58 bits per heavy atom. The number of carbonyl (C=O) groups excluding carboxylic acids is 1. The zero-order chi connectivity index (χ0) is 18.3. The number of aromatic carboxylic acids is 1. The van der Waals surface area contributed by atoms with E-state index in [0.717, 1.165) is 6.42 Å². The van der Waals surface area contributed by atoms with E-state index in [4.69, 9.17) is 5.11 Å². The van der Waals surface area contributed by atoms with Gasteiger partial charge in [-0.05, 0) is 42.5 Å². The molecular formula is C18H25NO5. The fourth-order valence-electron chi connectivity index (χ4n) is 2.51. The molecule has 0 aromatic heterocycles. The van der Waals surface area contributed by atoms with E-state index in [9.17, 15) is 19.5 Å². The summed E-state index contributed by atoms with van der Waals surface area (Å²) in [6.07, 6.45) is 1.46. The van der Waals surface area contributed by atoms with Crippen LogP contribution in [-0.2, 0) is 9.59 Å². The van der Waals surface area contributed by atoms with Crippen LogP contribution in [0, 0.1) is 17.8 Å². The van der Waals surface area contributed by atoms with Gasteiger partial charge in [-0.3, -0.25) is 9.59 Å².